The lowest BCUT2D eigenvalue weighted by Gasteiger charge is -2.35. The lowest BCUT2D eigenvalue weighted by molar-refractivity contribution is -0.120. The molecule has 0 aliphatic carbocycles. The van der Waals surface area contributed by atoms with Gasteiger partial charge in [-0.1, -0.05) is 30.3 Å². The summed E-state index contributed by atoms with van der Waals surface area (Å²) in [6, 6.07) is 16.7. The average molecular weight is 445 g/mol. The van der Waals surface area contributed by atoms with Crippen molar-refractivity contribution in [3.63, 3.8) is 0 Å². The number of hydrogen-bond acceptors (Lipinski definition) is 5. The molecule has 1 aliphatic heterocycles. The third kappa shape index (κ3) is 6.53. The SMILES string of the molecule is Cc1cccc(N2CCN(S(=O)(=O)CCNC(=O)CNC(=O)c3ccccc3)CC2)c1. The standard InChI is InChI=1S/C22H28N4O4S/c1-18-6-5-9-20(16-18)25-11-13-26(14-12-25)31(29,30)15-10-23-21(27)17-24-22(28)19-7-3-2-4-8-19/h2-9,16H,10-15,17H2,1H3,(H,23,27)(H,24,28). The van der Waals surface area contributed by atoms with Gasteiger partial charge in [0.1, 0.15) is 0 Å². The largest absolute Gasteiger partial charge is 0.369 e. The van der Waals surface area contributed by atoms with Gasteiger partial charge in [-0.05, 0) is 36.8 Å². The summed E-state index contributed by atoms with van der Waals surface area (Å²) in [6.07, 6.45) is 0. The summed E-state index contributed by atoms with van der Waals surface area (Å²) >= 11 is 0. The van der Waals surface area contributed by atoms with Gasteiger partial charge in [0.2, 0.25) is 15.9 Å². The Hall–Kier alpha value is -2.91. The zero-order chi connectivity index (χ0) is 22.3. The van der Waals surface area contributed by atoms with E-state index < -0.39 is 15.9 Å². The number of aryl methyl sites for hydroxylation is 1. The van der Waals surface area contributed by atoms with E-state index in [0.29, 0.717) is 31.7 Å². The van der Waals surface area contributed by atoms with Crippen LogP contribution in [0.2, 0.25) is 0 Å². The van der Waals surface area contributed by atoms with Gasteiger partial charge in [0, 0.05) is 44.0 Å². The number of rotatable bonds is 8. The van der Waals surface area contributed by atoms with Crippen LogP contribution in [0.5, 0.6) is 0 Å². The van der Waals surface area contributed by atoms with Crippen molar-refractivity contribution in [2.75, 3.05) is 49.9 Å². The zero-order valence-corrected chi connectivity index (χ0v) is 18.4. The van der Waals surface area contributed by atoms with E-state index in [0.717, 1.165) is 5.69 Å². The highest BCUT2D eigenvalue weighted by Crippen LogP contribution is 2.18. The van der Waals surface area contributed by atoms with Gasteiger partial charge in [-0.15, -0.1) is 0 Å². The molecule has 2 amide bonds. The van der Waals surface area contributed by atoms with Crippen molar-refractivity contribution in [1.82, 2.24) is 14.9 Å². The number of anilines is 1. The number of carbonyl (C=O) groups excluding carboxylic acids is 2. The molecule has 166 valence electrons. The zero-order valence-electron chi connectivity index (χ0n) is 17.6. The molecule has 1 fully saturated rings. The number of nitrogens with one attached hydrogen (secondary N) is 2. The minimum atomic E-state index is -3.46. The number of piperazine rings is 1. The fourth-order valence-corrected chi connectivity index (χ4v) is 4.75. The van der Waals surface area contributed by atoms with Gasteiger partial charge < -0.3 is 15.5 Å². The Morgan fingerprint density at radius 1 is 0.935 bits per heavy atom. The molecule has 0 spiro atoms. The molecule has 0 bridgehead atoms. The minimum absolute atomic E-state index is 0.000465. The Bertz CT molecular complexity index is 1000. The molecule has 0 aromatic heterocycles. The molecule has 1 saturated heterocycles. The summed E-state index contributed by atoms with van der Waals surface area (Å²) in [4.78, 5) is 26.0. The quantitative estimate of drug-likeness (QED) is 0.633. The van der Waals surface area contributed by atoms with Gasteiger partial charge in [0.25, 0.3) is 5.91 Å². The van der Waals surface area contributed by atoms with Crippen LogP contribution in [0, 0.1) is 6.92 Å². The van der Waals surface area contributed by atoms with E-state index in [2.05, 4.69) is 21.6 Å². The first-order valence-corrected chi connectivity index (χ1v) is 11.9. The highest BCUT2D eigenvalue weighted by molar-refractivity contribution is 7.89. The van der Waals surface area contributed by atoms with Crippen LogP contribution in [0.25, 0.3) is 0 Å². The Morgan fingerprint density at radius 3 is 2.32 bits per heavy atom. The van der Waals surface area contributed by atoms with Gasteiger partial charge in [-0.2, -0.15) is 4.31 Å². The lowest BCUT2D eigenvalue weighted by Crippen LogP contribution is -2.50. The Morgan fingerprint density at radius 2 is 1.65 bits per heavy atom. The molecule has 31 heavy (non-hydrogen) atoms. The predicted octanol–water partition coefficient (Wildman–Crippen LogP) is 0.993. The predicted molar refractivity (Wildman–Crippen MR) is 121 cm³/mol. The maximum Gasteiger partial charge on any atom is 0.251 e. The fraction of sp³-hybridized carbons (Fsp3) is 0.364. The van der Waals surface area contributed by atoms with E-state index in [-0.39, 0.29) is 24.7 Å². The number of benzene rings is 2. The molecule has 1 aliphatic rings. The molecule has 0 radical (unpaired) electrons. The molecule has 9 heteroatoms. The first-order chi connectivity index (χ1) is 14.8. The summed E-state index contributed by atoms with van der Waals surface area (Å²) in [5, 5.41) is 5.07. The normalized spacial score (nSPS) is 14.8. The molecular weight excluding hydrogens is 416 g/mol. The van der Waals surface area contributed by atoms with Gasteiger partial charge in [-0.25, -0.2) is 8.42 Å². The van der Waals surface area contributed by atoms with Crippen molar-refractivity contribution in [2.45, 2.75) is 6.92 Å². The number of carbonyl (C=O) groups is 2. The summed E-state index contributed by atoms with van der Waals surface area (Å²) in [5.41, 5.74) is 2.73. The Labute approximate surface area is 183 Å². The van der Waals surface area contributed by atoms with Gasteiger partial charge in [-0.3, -0.25) is 9.59 Å². The highest BCUT2D eigenvalue weighted by atomic mass is 32.2. The second kappa shape index (κ2) is 10.4. The third-order valence-electron chi connectivity index (χ3n) is 5.13. The topological polar surface area (TPSA) is 98.8 Å². The fourth-order valence-electron chi connectivity index (χ4n) is 3.41. The molecule has 3 rings (SSSR count). The van der Waals surface area contributed by atoms with Crippen LogP contribution in [-0.2, 0) is 14.8 Å². The van der Waals surface area contributed by atoms with Crippen molar-refractivity contribution in [1.29, 1.82) is 0 Å². The van der Waals surface area contributed by atoms with Crippen LogP contribution in [0.1, 0.15) is 15.9 Å². The molecule has 0 saturated carbocycles. The van der Waals surface area contributed by atoms with E-state index in [1.807, 2.05) is 25.1 Å². The van der Waals surface area contributed by atoms with Crippen molar-refractivity contribution in [2.24, 2.45) is 0 Å². The number of amides is 2. The van der Waals surface area contributed by atoms with Crippen molar-refractivity contribution >= 4 is 27.5 Å². The molecule has 8 nitrogen and oxygen atoms in total. The van der Waals surface area contributed by atoms with Crippen LogP contribution >= 0.6 is 0 Å². The molecule has 0 atom stereocenters. The second-order valence-corrected chi connectivity index (χ2v) is 9.53. The highest BCUT2D eigenvalue weighted by Gasteiger charge is 2.26. The maximum atomic E-state index is 12.6. The maximum absolute atomic E-state index is 12.6. The second-order valence-electron chi connectivity index (χ2n) is 7.44. The van der Waals surface area contributed by atoms with E-state index >= 15 is 0 Å². The molecule has 0 unspecified atom stereocenters. The van der Waals surface area contributed by atoms with Crippen LogP contribution in [0.3, 0.4) is 0 Å². The van der Waals surface area contributed by atoms with E-state index in [4.69, 9.17) is 0 Å². The molecule has 2 aromatic carbocycles. The van der Waals surface area contributed by atoms with E-state index in [1.165, 1.54) is 9.87 Å². The van der Waals surface area contributed by atoms with Gasteiger partial charge >= 0.3 is 0 Å². The first-order valence-electron chi connectivity index (χ1n) is 10.2. The smallest absolute Gasteiger partial charge is 0.251 e. The first kappa shape index (κ1) is 22.8. The monoisotopic (exact) mass is 444 g/mol. The van der Waals surface area contributed by atoms with Gasteiger partial charge in [0.05, 0.1) is 12.3 Å². The van der Waals surface area contributed by atoms with Crippen LogP contribution < -0.4 is 15.5 Å². The van der Waals surface area contributed by atoms with Crippen LogP contribution in [-0.4, -0.2) is 69.6 Å². The Kier molecular flexibility index (Phi) is 7.64. The van der Waals surface area contributed by atoms with E-state index in [1.54, 1.807) is 30.3 Å². The Balaban J connectivity index is 1.39. The third-order valence-corrected chi connectivity index (χ3v) is 7.00. The summed E-state index contributed by atoms with van der Waals surface area (Å²) in [5.74, 6) is -0.950. The van der Waals surface area contributed by atoms with E-state index in [9.17, 15) is 18.0 Å². The van der Waals surface area contributed by atoms with Crippen LogP contribution in [0.4, 0.5) is 5.69 Å². The molecule has 2 aromatic rings. The van der Waals surface area contributed by atoms with Crippen molar-refractivity contribution in [3.8, 4) is 0 Å². The van der Waals surface area contributed by atoms with Crippen molar-refractivity contribution in [3.05, 3.63) is 65.7 Å². The molecule has 1 heterocycles. The lowest BCUT2D eigenvalue weighted by atomic mass is 10.2. The summed E-state index contributed by atoms with van der Waals surface area (Å²) in [7, 11) is -3.46. The van der Waals surface area contributed by atoms with Gasteiger partial charge in [0.15, 0.2) is 0 Å². The van der Waals surface area contributed by atoms with Crippen molar-refractivity contribution < 1.29 is 18.0 Å². The number of sulfonamides is 1. The summed E-state index contributed by atoms with van der Waals surface area (Å²) in [6.45, 7) is 3.91. The van der Waals surface area contributed by atoms with Crippen LogP contribution in [0.15, 0.2) is 54.6 Å². The molecule has 2 N–H and O–H groups in total. The molecular formula is C22H28N4O4S. The average Bonchev–Trinajstić information content (AvgIpc) is 2.78. The summed E-state index contributed by atoms with van der Waals surface area (Å²) < 4.78 is 26.7. The number of hydrogen-bond donors (Lipinski definition) is 2. The number of nitrogens with zero attached hydrogens (tertiary/aromatic N) is 2. The minimum Gasteiger partial charge on any atom is -0.369 e.